The Bertz CT molecular complexity index is 338. The number of ether oxygens (including phenoxy) is 1. The van der Waals surface area contributed by atoms with Gasteiger partial charge < -0.3 is 10.1 Å². The van der Waals surface area contributed by atoms with Gasteiger partial charge in [-0.2, -0.15) is 0 Å². The van der Waals surface area contributed by atoms with Crippen molar-refractivity contribution in [1.82, 2.24) is 10.2 Å². The third-order valence-corrected chi connectivity index (χ3v) is 6.13. The first-order chi connectivity index (χ1) is 10.1. The zero-order valence-electron chi connectivity index (χ0n) is 14.2. The van der Waals surface area contributed by atoms with Gasteiger partial charge in [0.25, 0.3) is 0 Å². The third kappa shape index (κ3) is 3.46. The Hall–Kier alpha value is -0.120. The second kappa shape index (κ2) is 6.55. The van der Waals surface area contributed by atoms with Crippen LogP contribution in [0.4, 0.5) is 0 Å². The lowest BCUT2D eigenvalue weighted by Crippen LogP contribution is -2.59. The first kappa shape index (κ1) is 15.8. The maximum Gasteiger partial charge on any atom is 0.0710 e. The molecule has 2 saturated heterocycles. The normalized spacial score (nSPS) is 36.9. The fraction of sp³-hybridized carbons (Fsp3) is 1.00. The van der Waals surface area contributed by atoms with Crippen LogP contribution in [0.25, 0.3) is 0 Å². The fourth-order valence-corrected chi connectivity index (χ4v) is 4.63. The largest absolute Gasteiger partial charge is 0.370 e. The highest BCUT2D eigenvalue weighted by Gasteiger charge is 2.43. The van der Waals surface area contributed by atoms with Crippen molar-refractivity contribution in [2.75, 3.05) is 19.6 Å². The molecule has 0 aromatic heterocycles. The molecule has 3 heteroatoms. The van der Waals surface area contributed by atoms with E-state index in [1.54, 1.807) is 0 Å². The molecule has 3 atom stereocenters. The van der Waals surface area contributed by atoms with Gasteiger partial charge >= 0.3 is 0 Å². The maximum absolute atomic E-state index is 6.54. The van der Waals surface area contributed by atoms with E-state index >= 15 is 0 Å². The molecule has 2 heterocycles. The highest BCUT2D eigenvalue weighted by atomic mass is 16.5. The summed E-state index contributed by atoms with van der Waals surface area (Å²) in [5, 5.41) is 3.74. The van der Waals surface area contributed by atoms with E-state index in [-0.39, 0.29) is 5.60 Å². The van der Waals surface area contributed by atoms with Crippen molar-refractivity contribution in [1.29, 1.82) is 0 Å². The molecule has 2 aliphatic heterocycles. The number of hydrogen-bond acceptors (Lipinski definition) is 3. The molecule has 0 amide bonds. The molecule has 1 aliphatic carbocycles. The highest BCUT2D eigenvalue weighted by Crippen LogP contribution is 2.43. The summed E-state index contributed by atoms with van der Waals surface area (Å²) in [5.74, 6) is 0.718. The number of piperazine rings is 1. The number of rotatable bonds is 4. The second-order valence-electron chi connectivity index (χ2n) is 7.94. The van der Waals surface area contributed by atoms with Crippen molar-refractivity contribution in [2.24, 2.45) is 5.92 Å². The Kier molecular flexibility index (Phi) is 4.92. The van der Waals surface area contributed by atoms with Crippen molar-refractivity contribution in [2.45, 2.75) is 89.5 Å². The van der Waals surface area contributed by atoms with Gasteiger partial charge in [0.05, 0.1) is 11.7 Å². The van der Waals surface area contributed by atoms with Crippen LogP contribution in [-0.2, 0) is 4.74 Å². The Balaban J connectivity index is 1.57. The molecule has 1 spiro atoms. The highest BCUT2D eigenvalue weighted by molar-refractivity contribution is 4.95. The predicted molar refractivity (Wildman–Crippen MR) is 87.6 cm³/mol. The molecular formula is C18H34N2O. The van der Waals surface area contributed by atoms with Crippen molar-refractivity contribution in [3.05, 3.63) is 0 Å². The van der Waals surface area contributed by atoms with Crippen LogP contribution in [0.1, 0.15) is 65.7 Å². The molecule has 3 nitrogen and oxygen atoms in total. The van der Waals surface area contributed by atoms with Gasteiger partial charge in [-0.15, -0.1) is 0 Å². The average Bonchev–Trinajstić information content (AvgIpc) is 3.09. The Morgan fingerprint density at radius 1 is 1.24 bits per heavy atom. The zero-order valence-corrected chi connectivity index (χ0v) is 14.2. The Labute approximate surface area is 130 Å². The molecule has 0 aromatic carbocycles. The SMILES string of the molecule is CCC1CNC(C(C)C)CN1CC1CCC2(CCCC2)O1. The summed E-state index contributed by atoms with van der Waals surface area (Å²) in [7, 11) is 0. The summed E-state index contributed by atoms with van der Waals surface area (Å²) >= 11 is 0. The Morgan fingerprint density at radius 2 is 2.00 bits per heavy atom. The summed E-state index contributed by atoms with van der Waals surface area (Å²) in [6.07, 6.45) is 9.73. The fourth-order valence-electron chi connectivity index (χ4n) is 4.63. The summed E-state index contributed by atoms with van der Waals surface area (Å²) < 4.78 is 6.54. The van der Waals surface area contributed by atoms with Crippen LogP contribution in [0.15, 0.2) is 0 Å². The van der Waals surface area contributed by atoms with E-state index in [4.69, 9.17) is 4.74 Å². The number of hydrogen-bond donors (Lipinski definition) is 1. The molecule has 3 unspecified atom stereocenters. The first-order valence-corrected chi connectivity index (χ1v) is 9.27. The summed E-state index contributed by atoms with van der Waals surface area (Å²) in [6.45, 7) is 10.5. The van der Waals surface area contributed by atoms with Crippen molar-refractivity contribution < 1.29 is 4.74 Å². The quantitative estimate of drug-likeness (QED) is 0.862. The second-order valence-corrected chi connectivity index (χ2v) is 7.94. The van der Waals surface area contributed by atoms with Gasteiger partial charge in [-0.25, -0.2) is 0 Å². The maximum atomic E-state index is 6.54. The van der Waals surface area contributed by atoms with Gasteiger partial charge in [0, 0.05) is 31.7 Å². The summed E-state index contributed by atoms with van der Waals surface area (Å²) in [6, 6.07) is 1.35. The van der Waals surface area contributed by atoms with E-state index in [0.29, 0.717) is 18.2 Å². The number of nitrogens with zero attached hydrogens (tertiary/aromatic N) is 1. The molecule has 1 N–H and O–H groups in total. The number of nitrogens with one attached hydrogen (secondary N) is 1. The minimum atomic E-state index is 0.290. The van der Waals surface area contributed by atoms with Crippen LogP contribution in [-0.4, -0.2) is 48.3 Å². The van der Waals surface area contributed by atoms with Crippen LogP contribution in [0.5, 0.6) is 0 Å². The summed E-state index contributed by atoms with van der Waals surface area (Å²) in [4.78, 5) is 2.72. The zero-order chi connectivity index (χ0) is 14.9. The molecule has 21 heavy (non-hydrogen) atoms. The van der Waals surface area contributed by atoms with Gasteiger partial charge in [0.1, 0.15) is 0 Å². The monoisotopic (exact) mass is 294 g/mol. The minimum absolute atomic E-state index is 0.290. The molecule has 3 fully saturated rings. The van der Waals surface area contributed by atoms with Crippen LogP contribution in [0.2, 0.25) is 0 Å². The summed E-state index contributed by atoms with van der Waals surface area (Å²) in [5.41, 5.74) is 0.290. The lowest BCUT2D eigenvalue weighted by atomic mass is 9.97. The van der Waals surface area contributed by atoms with E-state index in [9.17, 15) is 0 Å². The topological polar surface area (TPSA) is 24.5 Å². The van der Waals surface area contributed by atoms with Crippen LogP contribution in [0, 0.1) is 5.92 Å². The van der Waals surface area contributed by atoms with Crippen LogP contribution in [0.3, 0.4) is 0 Å². The van der Waals surface area contributed by atoms with Crippen molar-refractivity contribution >= 4 is 0 Å². The minimum Gasteiger partial charge on any atom is -0.370 e. The molecule has 0 bridgehead atoms. The van der Waals surface area contributed by atoms with Gasteiger partial charge in [0.2, 0.25) is 0 Å². The Morgan fingerprint density at radius 3 is 2.67 bits per heavy atom. The van der Waals surface area contributed by atoms with Gasteiger partial charge in [-0.05, 0) is 38.0 Å². The van der Waals surface area contributed by atoms with Gasteiger partial charge in [0.15, 0.2) is 0 Å². The van der Waals surface area contributed by atoms with Crippen LogP contribution < -0.4 is 5.32 Å². The molecule has 1 saturated carbocycles. The average molecular weight is 294 g/mol. The molecular weight excluding hydrogens is 260 g/mol. The van der Waals surface area contributed by atoms with E-state index in [1.807, 2.05) is 0 Å². The lowest BCUT2D eigenvalue weighted by Gasteiger charge is -2.42. The van der Waals surface area contributed by atoms with E-state index in [2.05, 4.69) is 31.0 Å². The lowest BCUT2D eigenvalue weighted by molar-refractivity contribution is -0.0560. The van der Waals surface area contributed by atoms with E-state index < -0.39 is 0 Å². The standard InChI is InChI=1S/C18H34N2O/c1-4-15-11-19-17(14(2)3)13-20(15)12-16-7-10-18(21-16)8-5-6-9-18/h14-17,19H,4-13H2,1-3H3. The van der Waals surface area contributed by atoms with E-state index in [1.165, 1.54) is 51.5 Å². The first-order valence-electron chi connectivity index (χ1n) is 9.27. The smallest absolute Gasteiger partial charge is 0.0710 e. The van der Waals surface area contributed by atoms with Crippen molar-refractivity contribution in [3.63, 3.8) is 0 Å². The third-order valence-electron chi connectivity index (χ3n) is 6.13. The van der Waals surface area contributed by atoms with Crippen molar-refractivity contribution in [3.8, 4) is 0 Å². The van der Waals surface area contributed by atoms with Gasteiger partial charge in [-0.3, -0.25) is 4.90 Å². The molecule has 0 radical (unpaired) electrons. The molecule has 3 aliphatic rings. The van der Waals surface area contributed by atoms with E-state index in [0.717, 1.165) is 19.0 Å². The predicted octanol–water partition coefficient (Wildman–Crippen LogP) is 3.19. The molecule has 122 valence electrons. The molecule has 3 rings (SSSR count). The van der Waals surface area contributed by atoms with Gasteiger partial charge in [-0.1, -0.05) is 33.6 Å². The van der Waals surface area contributed by atoms with Crippen LogP contribution >= 0.6 is 0 Å². The molecule has 0 aromatic rings.